The van der Waals surface area contributed by atoms with Crippen molar-refractivity contribution in [1.29, 1.82) is 0 Å². The number of benzene rings is 1. The van der Waals surface area contributed by atoms with E-state index in [1.165, 1.54) is 37.1 Å². The lowest BCUT2D eigenvalue weighted by Gasteiger charge is -2.20. The number of likely N-dealkylation sites (tertiary alicyclic amines) is 1. The van der Waals surface area contributed by atoms with Crippen LogP contribution in [0.3, 0.4) is 0 Å². The van der Waals surface area contributed by atoms with E-state index in [0.717, 1.165) is 42.1 Å². The Hall–Kier alpha value is -2.22. The first-order valence-corrected chi connectivity index (χ1v) is 11.4. The number of nitrogens with one attached hydrogen (secondary N) is 1. The third-order valence-corrected chi connectivity index (χ3v) is 6.74. The Kier molecular flexibility index (Phi) is 5.35. The number of thiophene rings is 1. The molecule has 0 saturated carbocycles. The molecular formula is C22H27N5OS. The maximum absolute atomic E-state index is 10.1. The summed E-state index contributed by atoms with van der Waals surface area (Å²) in [6, 6.07) is 10.4. The monoisotopic (exact) mass is 409 g/mol. The lowest BCUT2D eigenvalue weighted by molar-refractivity contribution is 0.198. The van der Waals surface area contributed by atoms with E-state index in [4.69, 9.17) is 9.97 Å². The fourth-order valence-corrected chi connectivity index (χ4v) is 5.27. The van der Waals surface area contributed by atoms with Gasteiger partial charge in [-0.05, 0) is 37.9 Å². The van der Waals surface area contributed by atoms with E-state index in [9.17, 15) is 5.11 Å². The second-order valence-electron chi connectivity index (χ2n) is 7.93. The summed E-state index contributed by atoms with van der Waals surface area (Å²) in [5, 5.41) is 16.8. The lowest BCUT2D eigenvalue weighted by atomic mass is 10.1. The second-order valence-corrected chi connectivity index (χ2v) is 8.79. The second kappa shape index (κ2) is 8.26. The van der Waals surface area contributed by atoms with E-state index >= 15 is 0 Å². The standard InChI is InChI=1S/C22H27N5OS/c28-17-8-12-27(14-17)20-19-18(16-6-2-1-3-7-16)15-29-21(19)25-22(24-20)23-9-13-26-10-4-5-11-26/h1-3,6-7,15,17,28H,4-5,8-14H2,(H,23,24,25). The third-order valence-electron chi connectivity index (χ3n) is 5.87. The van der Waals surface area contributed by atoms with E-state index in [2.05, 4.69) is 44.8 Å². The maximum Gasteiger partial charge on any atom is 0.226 e. The predicted octanol–water partition coefficient (Wildman–Crippen LogP) is 3.44. The highest BCUT2D eigenvalue weighted by atomic mass is 32.1. The van der Waals surface area contributed by atoms with E-state index < -0.39 is 0 Å². The minimum atomic E-state index is -0.287. The van der Waals surface area contributed by atoms with Crippen LogP contribution in [0.5, 0.6) is 0 Å². The Balaban J connectivity index is 1.48. The van der Waals surface area contributed by atoms with Gasteiger partial charge in [-0.15, -0.1) is 11.3 Å². The van der Waals surface area contributed by atoms with E-state index in [-0.39, 0.29) is 6.10 Å². The normalized spacial score (nSPS) is 20.0. The fourth-order valence-electron chi connectivity index (χ4n) is 4.33. The highest BCUT2D eigenvalue weighted by molar-refractivity contribution is 7.17. The quantitative estimate of drug-likeness (QED) is 0.650. The summed E-state index contributed by atoms with van der Waals surface area (Å²) in [7, 11) is 0. The first kappa shape index (κ1) is 18.8. The summed E-state index contributed by atoms with van der Waals surface area (Å²) in [6.07, 6.45) is 3.11. The molecule has 4 heterocycles. The molecule has 0 radical (unpaired) electrons. The highest BCUT2D eigenvalue weighted by Gasteiger charge is 2.26. The van der Waals surface area contributed by atoms with Gasteiger partial charge in [-0.2, -0.15) is 4.98 Å². The number of rotatable bonds is 6. The van der Waals surface area contributed by atoms with Crippen LogP contribution in [0.15, 0.2) is 35.7 Å². The number of hydrogen-bond donors (Lipinski definition) is 2. The summed E-state index contributed by atoms with van der Waals surface area (Å²) in [4.78, 5) is 15.4. The summed E-state index contributed by atoms with van der Waals surface area (Å²) in [5.41, 5.74) is 2.35. The number of fused-ring (bicyclic) bond motifs is 1. The molecule has 152 valence electrons. The molecule has 2 N–H and O–H groups in total. The molecule has 1 atom stereocenters. The van der Waals surface area contributed by atoms with Crippen LogP contribution in [-0.2, 0) is 0 Å². The zero-order chi connectivity index (χ0) is 19.6. The predicted molar refractivity (Wildman–Crippen MR) is 120 cm³/mol. The maximum atomic E-state index is 10.1. The minimum absolute atomic E-state index is 0.287. The minimum Gasteiger partial charge on any atom is -0.391 e. The lowest BCUT2D eigenvalue weighted by Crippen LogP contribution is -2.27. The number of nitrogens with zero attached hydrogens (tertiary/aromatic N) is 4. The Bertz CT molecular complexity index is 970. The van der Waals surface area contributed by atoms with Gasteiger partial charge in [0.25, 0.3) is 0 Å². The van der Waals surface area contributed by atoms with Crippen LogP contribution in [0.4, 0.5) is 11.8 Å². The molecule has 1 aromatic carbocycles. The molecule has 0 bridgehead atoms. The molecule has 7 heteroatoms. The Morgan fingerprint density at radius 1 is 1.10 bits per heavy atom. The van der Waals surface area contributed by atoms with Crippen LogP contribution < -0.4 is 10.2 Å². The topological polar surface area (TPSA) is 64.5 Å². The van der Waals surface area contributed by atoms with Crippen molar-refractivity contribution >= 4 is 33.3 Å². The first-order valence-electron chi connectivity index (χ1n) is 10.5. The summed E-state index contributed by atoms with van der Waals surface area (Å²) < 4.78 is 0. The molecule has 1 unspecified atom stereocenters. The molecule has 3 aromatic rings. The van der Waals surface area contributed by atoms with Crippen LogP contribution in [0.1, 0.15) is 19.3 Å². The van der Waals surface area contributed by atoms with Crippen molar-refractivity contribution in [2.75, 3.05) is 49.5 Å². The number of hydrogen-bond acceptors (Lipinski definition) is 7. The van der Waals surface area contributed by atoms with Crippen molar-refractivity contribution in [3.05, 3.63) is 35.7 Å². The van der Waals surface area contributed by atoms with Gasteiger partial charge in [-0.25, -0.2) is 4.98 Å². The summed E-state index contributed by atoms with van der Waals surface area (Å²) in [6.45, 7) is 5.73. The largest absolute Gasteiger partial charge is 0.391 e. The van der Waals surface area contributed by atoms with Gasteiger partial charge in [0.2, 0.25) is 5.95 Å². The molecule has 2 aromatic heterocycles. The zero-order valence-corrected chi connectivity index (χ0v) is 17.4. The SMILES string of the molecule is OC1CCN(c2nc(NCCN3CCCC3)nc3scc(-c4ccccc4)c23)C1. The van der Waals surface area contributed by atoms with Crippen molar-refractivity contribution < 1.29 is 5.11 Å². The third kappa shape index (κ3) is 3.95. The van der Waals surface area contributed by atoms with Gasteiger partial charge in [0.1, 0.15) is 10.6 Å². The van der Waals surface area contributed by atoms with Crippen molar-refractivity contribution in [3.8, 4) is 11.1 Å². The molecule has 2 aliphatic heterocycles. The number of β-amino-alcohol motifs (C(OH)–C–C–N with tert-alkyl or cyclic N) is 1. The highest BCUT2D eigenvalue weighted by Crippen LogP contribution is 2.39. The Morgan fingerprint density at radius 2 is 1.93 bits per heavy atom. The van der Waals surface area contributed by atoms with Crippen LogP contribution >= 0.6 is 11.3 Å². The summed E-state index contributed by atoms with van der Waals surface area (Å²) >= 11 is 1.66. The Labute approximate surface area is 175 Å². The molecule has 5 rings (SSSR count). The van der Waals surface area contributed by atoms with E-state index in [1.807, 2.05) is 6.07 Å². The number of aromatic nitrogens is 2. The van der Waals surface area contributed by atoms with Gasteiger partial charge in [-0.1, -0.05) is 30.3 Å². The van der Waals surface area contributed by atoms with Gasteiger partial charge in [0.15, 0.2) is 0 Å². The van der Waals surface area contributed by atoms with Gasteiger partial charge in [0.05, 0.1) is 11.5 Å². The van der Waals surface area contributed by atoms with Gasteiger partial charge >= 0.3 is 0 Å². The smallest absolute Gasteiger partial charge is 0.226 e. The molecule has 2 aliphatic rings. The van der Waals surface area contributed by atoms with Crippen molar-refractivity contribution in [1.82, 2.24) is 14.9 Å². The van der Waals surface area contributed by atoms with Gasteiger partial charge < -0.3 is 20.2 Å². The fraction of sp³-hybridized carbons (Fsp3) is 0.455. The summed E-state index contributed by atoms with van der Waals surface area (Å²) in [5.74, 6) is 1.63. The van der Waals surface area contributed by atoms with E-state index in [0.29, 0.717) is 12.5 Å². The average molecular weight is 410 g/mol. The molecule has 6 nitrogen and oxygen atoms in total. The first-order chi connectivity index (χ1) is 14.3. The molecule has 2 fully saturated rings. The van der Waals surface area contributed by atoms with Crippen LogP contribution in [0.2, 0.25) is 0 Å². The number of aliphatic hydroxyl groups is 1. The number of anilines is 2. The van der Waals surface area contributed by atoms with Crippen LogP contribution in [0.25, 0.3) is 21.3 Å². The van der Waals surface area contributed by atoms with Crippen molar-refractivity contribution in [3.63, 3.8) is 0 Å². The molecule has 0 aliphatic carbocycles. The molecule has 0 spiro atoms. The zero-order valence-electron chi connectivity index (χ0n) is 16.5. The molecule has 0 amide bonds. The van der Waals surface area contributed by atoms with Crippen molar-refractivity contribution in [2.24, 2.45) is 0 Å². The average Bonchev–Trinajstić information content (AvgIpc) is 3.49. The van der Waals surface area contributed by atoms with Crippen LogP contribution in [-0.4, -0.2) is 65.3 Å². The van der Waals surface area contributed by atoms with Gasteiger partial charge in [0, 0.05) is 37.1 Å². The van der Waals surface area contributed by atoms with Crippen LogP contribution in [0, 0.1) is 0 Å². The Morgan fingerprint density at radius 3 is 2.69 bits per heavy atom. The molecule has 2 saturated heterocycles. The van der Waals surface area contributed by atoms with Gasteiger partial charge in [-0.3, -0.25) is 0 Å². The molecule has 29 heavy (non-hydrogen) atoms. The molecular weight excluding hydrogens is 382 g/mol. The van der Waals surface area contributed by atoms with E-state index in [1.54, 1.807) is 11.3 Å². The van der Waals surface area contributed by atoms with Crippen molar-refractivity contribution in [2.45, 2.75) is 25.4 Å². The number of aliphatic hydroxyl groups excluding tert-OH is 1.